The van der Waals surface area contributed by atoms with Crippen LogP contribution in [-0.2, 0) is 0 Å². The Labute approximate surface area is 95.8 Å². The van der Waals surface area contributed by atoms with Crippen molar-refractivity contribution in [3.8, 4) is 0 Å². The zero-order chi connectivity index (χ0) is 10.9. The molecule has 0 aromatic carbocycles. The highest BCUT2D eigenvalue weighted by Gasteiger charge is 2.39. The van der Waals surface area contributed by atoms with Crippen molar-refractivity contribution in [2.45, 2.75) is 72.1 Å². The van der Waals surface area contributed by atoms with Crippen molar-refractivity contribution in [3.05, 3.63) is 0 Å². The van der Waals surface area contributed by atoms with Crippen LogP contribution in [0.5, 0.6) is 0 Å². The Bertz CT molecular complexity index is 196. The van der Waals surface area contributed by atoms with Gasteiger partial charge < -0.3 is 0 Å². The second-order valence-corrected chi connectivity index (χ2v) is 6.91. The molecule has 0 amide bonds. The highest BCUT2D eigenvalue weighted by Crippen LogP contribution is 2.51. The van der Waals surface area contributed by atoms with Gasteiger partial charge in [0, 0.05) is 0 Å². The first kappa shape index (κ1) is 11.5. The summed E-state index contributed by atoms with van der Waals surface area (Å²) >= 11 is 0. The van der Waals surface area contributed by atoms with Crippen molar-refractivity contribution in [1.82, 2.24) is 0 Å². The van der Waals surface area contributed by atoms with Gasteiger partial charge in [-0.15, -0.1) is 0 Å². The second-order valence-electron chi connectivity index (χ2n) is 6.91. The summed E-state index contributed by atoms with van der Waals surface area (Å²) in [4.78, 5) is 0. The lowest BCUT2D eigenvalue weighted by molar-refractivity contribution is 0.0754. The molecule has 88 valence electrons. The average molecular weight is 208 g/mol. The van der Waals surface area contributed by atoms with Crippen molar-refractivity contribution >= 4 is 0 Å². The summed E-state index contributed by atoms with van der Waals surface area (Å²) in [7, 11) is 0. The Hall–Kier alpha value is 0. The maximum Gasteiger partial charge on any atom is -0.0290 e. The summed E-state index contributed by atoms with van der Waals surface area (Å²) in [5, 5.41) is 0. The zero-order valence-corrected chi connectivity index (χ0v) is 10.9. The van der Waals surface area contributed by atoms with E-state index in [0.717, 1.165) is 23.2 Å². The molecule has 2 saturated carbocycles. The van der Waals surface area contributed by atoms with Crippen LogP contribution in [-0.4, -0.2) is 0 Å². The molecular formula is C15H28. The minimum absolute atomic E-state index is 0.757. The minimum atomic E-state index is 0.757. The first-order valence-electron chi connectivity index (χ1n) is 7.10. The first-order valence-corrected chi connectivity index (χ1v) is 7.10. The average Bonchev–Trinajstić information content (AvgIpc) is 2.25. The van der Waals surface area contributed by atoms with Gasteiger partial charge in [0.2, 0.25) is 0 Å². The van der Waals surface area contributed by atoms with Gasteiger partial charge in [0.25, 0.3) is 0 Å². The van der Waals surface area contributed by atoms with Crippen LogP contribution in [0.2, 0.25) is 0 Å². The van der Waals surface area contributed by atoms with Crippen molar-refractivity contribution in [2.75, 3.05) is 0 Å². The summed E-state index contributed by atoms with van der Waals surface area (Å²) in [6.07, 6.45) is 12.1. The fraction of sp³-hybridized carbons (Fsp3) is 1.00. The Kier molecular flexibility index (Phi) is 3.42. The Morgan fingerprint density at radius 1 is 0.800 bits per heavy atom. The van der Waals surface area contributed by atoms with Crippen LogP contribution in [0, 0.1) is 23.2 Å². The fourth-order valence-corrected chi connectivity index (χ4v) is 4.72. The quantitative estimate of drug-likeness (QED) is 0.524. The molecule has 0 bridgehead atoms. The number of hydrogen-bond donors (Lipinski definition) is 0. The van der Waals surface area contributed by atoms with Crippen molar-refractivity contribution in [1.29, 1.82) is 0 Å². The van der Waals surface area contributed by atoms with Gasteiger partial charge in [0.05, 0.1) is 0 Å². The first-order chi connectivity index (χ1) is 7.10. The Balaban J connectivity index is 2.08. The van der Waals surface area contributed by atoms with Crippen molar-refractivity contribution < 1.29 is 0 Å². The highest BCUT2D eigenvalue weighted by atomic mass is 14.4. The third kappa shape index (κ3) is 2.77. The molecule has 0 aromatic heterocycles. The molecule has 2 fully saturated rings. The van der Waals surface area contributed by atoms with Crippen LogP contribution in [0.25, 0.3) is 0 Å². The summed E-state index contributed by atoms with van der Waals surface area (Å²) < 4.78 is 0. The summed E-state index contributed by atoms with van der Waals surface area (Å²) in [5.41, 5.74) is 0.757. The van der Waals surface area contributed by atoms with Crippen LogP contribution < -0.4 is 0 Å². The van der Waals surface area contributed by atoms with Crippen LogP contribution >= 0.6 is 0 Å². The predicted molar refractivity (Wildman–Crippen MR) is 66.9 cm³/mol. The van der Waals surface area contributed by atoms with Gasteiger partial charge in [-0.05, 0) is 55.3 Å². The lowest BCUT2D eigenvalue weighted by Crippen LogP contribution is -2.32. The van der Waals surface area contributed by atoms with E-state index >= 15 is 0 Å². The minimum Gasteiger partial charge on any atom is -0.0625 e. The number of rotatable bonds is 0. The largest absolute Gasteiger partial charge is 0.0625 e. The molecular weight excluding hydrogens is 180 g/mol. The lowest BCUT2D eigenvalue weighted by Gasteiger charge is -2.43. The van der Waals surface area contributed by atoms with Crippen molar-refractivity contribution in [2.24, 2.45) is 23.2 Å². The van der Waals surface area contributed by atoms with Crippen LogP contribution in [0.4, 0.5) is 0 Å². The molecule has 3 atom stereocenters. The smallest absolute Gasteiger partial charge is 0.0290 e. The van der Waals surface area contributed by atoms with E-state index in [0.29, 0.717) is 0 Å². The van der Waals surface area contributed by atoms with E-state index in [4.69, 9.17) is 0 Å². The van der Waals surface area contributed by atoms with Gasteiger partial charge in [0.15, 0.2) is 0 Å². The summed E-state index contributed by atoms with van der Waals surface area (Å²) in [6.45, 7) is 7.44. The third-order valence-corrected chi connectivity index (χ3v) is 4.80. The van der Waals surface area contributed by atoms with Crippen LogP contribution in [0.1, 0.15) is 72.1 Å². The third-order valence-electron chi connectivity index (χ3n) is 4.80. The molecule has 0 N–H and O–H groups in total. The standard InChI is InChI=1S/C15H28/c1-12-6-4-5-7-15(9-12)10-13(2)8-14(3)11-15/h12-14H,4-11H2,1-3H3. The normalized spacial score (nSPS) is 47.8. The Morgan fingerprint density at radius 2 is 1.40 bits per heavy atom. The van der Waals surface area contributed by atoms with Crippen LogP contribution in [0.3, 0.4) is 0 Å². The van der Waals surface area contributed by atoms with Crippen LogP contribution in [0.15, 0.2) is 0 Å². The van der Waals surface area contributed by atoms with E-state index in [1.54, 1.807) is 0 Å². The van der Waals surface area contributed by atoms with E-state index in [1.165, 1.54) is 51.4 Å². The molecule has 0 saturated heterocycles. The monoisotopic (exact) mass is 208 g/mol. The SMILES string of the molecule is CC1CCCCC2(C1)CC(C)CC(C)C2. The van der Waals surface area contributed by atoms with Gasteiger partial charge in [0.1, 0.15) is 0 Å². The van der Waals surface area contributed by atoms with E-state index in [1.807, 2.05) is 0 Å². The summed E-state index contributed by atoms with van der Waals surface area (Å²) in [5.74, 6) is 2.96. The Morgan fingerprint density at radius 3 is 2.07 bits per heavy atom. The molecule has 15 heavy (non-hydrogen) atoms. The summed E-state index contributed by atoms with van der Waals surface area (Å²) in [6, 6.07) is 0. The molecule has 3 unspecified atom stereocenters. The molecule has 0 radical (unpaired) electrons. The molecule has 2 aliphatic rings. The van der Waals surface area contributed by atoms with E-state index in [-0.39, 0.29) is 0 Å². The van der Waals surface area contributed by atoms with Gasteiger partial charge in [-0.3, -0.25) is 0 Å². The molecule has 1 spiro atoms. The fourth-order valence-electron chi connectivity index (χ4n) is 4.72. The molecule has 0 aromatic rings. The van der Waals surface area contributed by atoms with Gasteiger partial charge >= 0.3 is 0 Å². The molecule has 0 aliphatic heterocycles. The van der Waals surface area contributed by atoms with E-state index in [2.05, 4.69) is 20.8 Å². The number of hydrogen-bond acceptors (Lipinski definition) is 0. The molecule has 0 heteroatoms. The zero-order valence-electron chi connectivity index (χ0n) is 10.9. The molecule has 2 aliphatic carbocycles. The van der Waals surface area contributed by atoms with Gasteiger partial charge in [-0.25, -0.2) is 0 Å². The molecule has 0 heterocycles. The molecule has 0 nitrogen and oxygen atoms in total. The second kappa shape index (κ2) is 4.47. The van der Waals surface area contributed by atoms with Crippen molar-refractivity contribution in [3.63, 3.8) is 0 Å². The topological polar surface area (TPSA) is 0 Å². The van der Waals surface area contributed by atoms with E-state index in [9.17, 15) is 0 Å². The maximum atomic E-state index is 2.48. The van der Waals surface area contributed by atoms with E-state index < -0.39 is 0 Å². The predicted octanol–water partition coefficient (Wildman–Crippen LogP) is 5.03. The molecule has 2 rings (SSSR count). The van der Waals surface area contributed by atoms with Gasteiger partial charge in [-0.2, -0.15) is 0 Å². The van der Waals surface area contributed by atoms with Gasteiger partial charge in [-0.1, -0.05) is 40.0 Å². The highest BCUT2D eigenvalue weighted by molar-refractivity contribution is 4.90. The maximum absolute atomic E-state index is 2.48. The lowest BCUT2D eigenvalue weighted by atomic mass is 9.62.